The summed E-state index contributed by atoms with van der Waals surface area (Å²) < 4.78 is 15.0. The van der Waals surface area contributed by atoms with Crippen LogP contribution >= 0.6 is 0 Å². The van der Waals surface area contributed by atoms with Gasteiger partial charge in [0.2, 0.25) is 0 Å². The molecule has 1 heterocycles. The van der Waals surface area contributed by atoms with Gasteiger partial charge in [0.15, 0.2) is 5.69 Å². The van der Waals surface area contributed by atoms with Crippen LogP contribution in [0.5, 0.6) is 0 Å². The molecule has 1 aliphatic rings. The number of carbonyl (C=O) groups excluding carboxylic acids is 2. The second kappa shape index (κ2) is 7.26. The number of benzene rings is 2. The normalized spacial score (nSPS) is 12.5. The first-order chi connectivity index (χ1) is 13.6. The van der Waals surface area contributed by atoms with Gasteiger partial charge in [-0.15, -0.1) is 0 Å². The fraction of sp³-hybridized carbons (Fsp3) is 0.190. The standard InChI is InChI=1S/C21H19FN4O2/c1-23-20(27)13-4-2-5-15(12-13)24-21(28)19-17-6-3-7-18(17)26(25-19)16-10-8-14(22)9-11-16/h2,4-5,8-12H,3,6-7H2,1H3,(H,23,27)(H,24,28). The number of nitrogens with zero attached hydrogens (tertiary/aromatic N) is 2. The molecule has 0 spiro atoms. The van der Waals surface area contributed by atoms with E-state index in [2.05, 4.69) is 15.7 Å². The fourth-order valence-electron chi connectivity index (χ4n) is 3.49. The van der Waals surface area contributed by atoms with Crippen molar-refractivity contribution in [1.82, 2.24) is 15.1 Å². The van der Waals surface area contributed by atoms with Crippen LogP contribution in [0.15, 0.2) is 48.5 Å². The quantitative estimate of drug-likeness (QED) is 0.732. The summed E-state index contributed by atoms with van der Waals surface area (Å²) in [6, 6.07) is 12.8. The first-order valence-corrected chi connectivity index (χ1v) is 9.07. The van der Waals surface area contributed by atoms with E-state index in [1.165, 1.54) is 12.1 Å². The van der Waals surface area contributed by atoms with Gasteiger partial charge in [-0.25, -0.2) is 9.07 Å². The summed E-state index contributed by atoms with van der Waals surface area (Å²) in [5, 5.41) is 9.89. The molecular formula is C21H19FN4O2. The van der Waals surface area contributed by atoms with E-state index in [-0.39, 0.29) is 17.6 Å². The number of hydrogen-bond donors (Lipinski definition) is 2. The maximum atomic E-state index is 13.2. The second-order valence-corrected chi connectivity index (χ2v) is 6.63. The van der Waals surface area contributed by atoms with Gasteiger partial charge in [0.25, 0.3) is 11.8 Å². The minimum Gasteiger partial charge on any atom is -0.355 e. The molecule has 1 aliphatic carbocycles. The summed E-state index contributed by atoms with van der Waals surface area (Å²) in [5.41, 5.74) is 3.97. The van der Waals surface area contributed by atoms with Crippen LogP contribution in [0.3, 0.4) is 0 Å². The van der Waals surface area contributed by atoms with Crippen molar-refractivity contribution in [1.29, 1.82) is 0 Å². The Kier molecular flexibility index (Phi) is 4.65. The maximum Gasteiger partial charge on any atom is 0.276 e. The molecule has 2 aromatic carbocycles. The number of fused-ring (bicyclic) bond motifs is 1. The van der Waals surface area contributed by atoms with E-state index in [0.29, 0.717) is 16.9 Å². The Labute approximate surface area is 161 Å². The Hall–Kier alpha value is -3.48. The van der Waals surface area contributed by atoms with Gasteiger partial charge in [-0.3, -0.25) is 9.59 Å². The third-order valence-electron chi connectivity index (χ3n) is 4.83. The van der Waals surface area contributed by atoms with Crippen LogP contribution in [-0.4, -0.2) is 28.6 Å². The van der Waals surface area contributed by atoms with Crippen molar-refractivity contribution in [2.75, 3.05) is 12.4 Å². The highest BCUT2D eigenvalue weighted by Gasteiger charge is 2.27. The van der Waals surface area contributed by atoms with Crippen molar-refractivity contribution in [2.24, 2.45) is 0 Å². The molecule has 0 bridgehead atoms. The molecule has 0 fully saturated rings. The molecule has 142 valence electrons. The zero-order valence-corrected chi connectivity index (χ0v) is 15.3. The Morgan fingerprint density at radius 2 is 1.86 bits per heavy atom. The van der Waals surface area contributed by atoms with Crippen LogP contribution in [0.1, 0.15) is 38.5 Å². The van der Waals surface area contributed by atoms with E-state index in [4.69, 9.17) is 0 Å². The number of nitrogens with one attached hydrogen (secondary N) is 2. The zero-order valence-electron chi connectivity index (χ0n) is 15.3. The molecular weight excluding hydrogens is 359 g/mol. The monoisotopic (exact) mass is 378 g/mol. The van der Waals surface area contributed by atoms with Gasteiger partial charge in [0, 0.05) is 29.6 Å². The number of aromatic nitrogens is 2. The summed E-state index contributed by atoms with van der Waals surface area (Å²) >= 11 is 0. The van der Waals surface area contributed by atoms with Gasteiger partial charge in [-0.05, 0) is 61.7 Å². The average molecular weight is 378 g/mol. The molecule has 3 aromatic rings. The Balaban J connectivity index is 1.65. The lowest BCUT2D eigenvalue weighted by Crippen LogP contribution is -2.19. The van der Waals surface area contributed by atoms with Crippen LogP contribution in [0, 0.1) is 5.82 Å². The van der Waals surface area contributed by atoms with Crippen molar-refractivity contribution in [3.63, 3.8) is 0 Å². The van der Waals surface area contributed by atoms with Crippen molar-refractivity contribution >= 4 is 17.5 Å². The van der Waals surface area contributed by atoms with E-state index in [1.807, 2.05) is 0 Å². The lowest BCUT2D eigenvalue weighted by molar-refractivity contribution is 0.0961. The van der Waals surface area contributed by atoms with E-state index < -0.39 is 0 Å². The second-order valence-electron chi connectivity index (χ2n) is 6.63. The molecule has 0 radical (unpaired) electrons. The molecule has 0 unspecified atom stereocenters. The number of amides is 2. The van der Waals surface area contributed by atoms with Crippen LogP contribution in [0.25, 0.3) is 5.69 Å². The minimum absolute atomic E-state index is 0.224. The summed E-state index contributed by atoms with van der Waals surface area (Å²) in [6.45, 7) is 0. The summed E-state index contributed by atoms with van der Waals surface area (Å²) in [6.07, 6.45) is 2.54. The van der Waals surface area contributed by atoms with Crippen LogP contribution in [-0.2, 0) is 12.8 Å². The number of hydrogen-bond acceptors (Lipinski definition) is 3. The third kappa shape index (κ3) is 3.26. The maximum absolute atomic E-state index is 13.2. The van der Waals surface area contributed by atoms with Crippen molar-refractivity contribution in [2.45, 2.75) is 19.3 Å². The molecule has 7 heteroatoms. The molecule has 28 heavy (non-hydrogen) atoms. The lowest BCUT2D eigenvalue weighted by atomic mass is 10.1. The third-order valence-corrected chi connectivity index (χ3v) is 4.83. The number of rotatable bonds is 4. The van der Waals surface area contributed by atoms with Gasteiger partial charge in [0.05, 0.1) is 5.69 Å². The lowest BCUT2D eigenvalue weighted by Gasteiger charge is -2.07. The highest BCUT2D eigenvalue weighted by molar-refractivity contribution is 6.05. The molecule has 0 aliphatic heterocycles. The van der Waals surface area contributed by atoms with Crippen molar-refractivity contribution in [3.8, 4) is 5.69 Å². The SMILES string of the molecule is CNC(=O)c1cccc(NC(=O)c2nn(-c3ccc(F)cc3)c3c2CCC3)c1. The summed E-state index contributed by atoms with van der Waals surface area (Å²) in [5.74, 6) is -0.868. The van der Waals surface area contributed by atoms with E-state index >= 15 is 0 Å². The molecule has 1 aromatic heterocycles. The molecule has 0 saturated carbocycles. The first-order valence-electron chi connectivity index (χ1n) is 9.07. The molecule has 2 amide bonds. The molecule has 0 atom stereocenters. The first kappa shape index (κ1) is 17.9. The topological polar surface area (TPSA) is 76.0 Å². The highest BCUT2D eigenvalue weighted by Crippen LogP contribution is 2.28. The number of halogens is 1. The minimum atomic E-state index is -0.326. The van der Waals surface area contributed by atoms with Gasteiger partial charge < -0.3 is 10.6 Å². The molecule has 2 N–H and O–H groups in total. The van der Waals surface area contributed by atoms with Gasteiger partial charge in [-0.1, -0.05) is 6.07 Å². The van der Waals surface area contributed by atoms with Crippen molar-refractivity contribution < 1.29 is 14.0 Å². The Bertz CT molecular complexity index is 1060. The summed E-state index contributed by atoms with van der Waals surface area (Å²) in [4.78, 5) is 24.7. The summed E-state index contributed by atoms with van der Waals surface area (Å²) in [7, 11) is 1.55. The largest absolute Gasteiger partial charge is 0.355 e. The predicted molar refractivity (Wildman–Crippen MR) is 103 cm³/mol. The highest BCUT2D eigenvalue weighted by atomic mass is 19.1. The van der Waals surface area contributed by atoms with Crippen LogP contribution in [0.2, 0.25) is 0 Å². The van der Waals surface area contributed by atoms with Crippen molar-refractivity contribution in [3.05, 3.63) is 76.9 Å². The smallest absolute Gasteiger partial charge is 0.276 e. The fourth-order valence-corrected chi connectivity index (χ4v) is 3.49. The number of carbonyl (C=O) groups is 2. The van der Waals surface area contributed by atoms with Crippen LogP contribution in [0.4, 0.5) is 10.1 Å². The Morgan fingerprint density at radius 3 is 2.61 bits per heavy atom. The van der Waals surface area contributed by atoms with Gasteiger partial charge >= 0.3 is 0 Å². The predicted octanol–water partition coefficient (Wildman–Crippen LogP) is 3.11. The zero-order chi connectivity index (χ0) is 19.7. The van der Waals surface area contributed by atoms with E-state index in [0.717, 1.165) is 36.2 Å². The number of anilines is 1. The van der Waals surface area contributed by atoms with Crippen LogP contribution < -0.4 is 10.6 Å². The molecule has 0 saturated heterocycles. The Morgan fingerprint density at radius 1 is 1.07 bits per heavy atom. The molecule has 6 nitrogen and oxygen atoms in total. The van der Waals surface area contributed by atoms with Gasteiger partial charge in [0.1, 0.15) is 5.82 Å². The van der Waals surface area contributed by atoms with Gasteiger partial charge in [-0.2, -0.15) is 5.10 Å². The molecule has 4 rings (SSSR count). The van der Waals surface area contributed by atoms with E-state index in [9.17, 15) is 14.0 Å². The van der Waals surface area contributed by atoms with E-state index in [1.54, 1.807) is 48.1 Å². The average Bonchev–Trinajstić information content (AvgIpc) is 3.31.